The van der Waals surface area contributed by atoms with Gasteiger partial charge < -0.3 is 10.6 Å². The molecule has 0 unspecified atom stereocenters. The first kappa shape index (κ1) is 19.3. The van der Waals surface area contributed by atoms with E-state index in [0.29, 0.717) is 5.82 Å². The van der Waals surface area contributed by atoms with Gasteiger partial charge >= 0.3 is 6.18 Å². The number of benzene rings is 2. The van der Waals surface area contributed by atoms with Crippen LogP contribution in [0.15, 0.2) is 54.9 Å². The fourth-order valence-electron chi connectivity index (χ4n) is 2.50. The number of nitrogens with zero attached hydrogens (tertiary/aromatic N) is 2. The van der Waals surface area contributed by atoms with Crippen LogP contribution in [0.2, 0.25) is 0 Å². The van der Waals surface area contributed by atoms with E-state index in [1.807, 2.05) is 32.0 Å². The maximum atomic E-state index is 13.0. The predicted octanol–water partition coefficient (Wildman–Crippen LogP) is 5.11. The number of aromatic nitrogens is 2. The van der Waals surface area contributed by atoms with Crippen LogP contribution in [0.3, 0.4) is 0 Å². The van der Waals surface area contributed by atoms with Crippen molar-refractivity contribution >= 4 is 23.1 Å². The Hall–Kier alpha value is -3.42. The van der Waals surface area contributed by atoms with Crippen LogP contribution >= 0.6 is 0 Å². The minimum Gasteiger partial charge on any atom is -0.339 e. The van der Waals surface area contributed by atoms with Gasteiger partial charge in [-0.25, -0.2) is 9.97 Å². The second-order valence-corrected chi connectivity index (χ2v) is 6.21. The van der Waals surface area contributed by atoms with E-state index in [2.05, 4.69) is 20.6 Å². The Bertz CT molecular complexity index is 1000. The van der Waals surface area contributed by atoms with Crippen molar-refractivity contribution < 1.29 is 18.0 Å². The predicted molar refractivity (Wildman–Crippen MR) is 101 cm³/mol. The number of hydrogen-bond donors (Lipinski definition) is 2. The van der Waals surface area contributed by atoms with Gasteiger partial charge in [0.05, 0.1) is 23.6 Å². The van der Waals surface area contributed by atoms with Gasteiger partial charge in [0.2, 0.25) is 0 Å². The van der Waals surface area contributed by atoms with Gasteiger partial charge in [-0.15, -0.1) is 0 Å². The molecule has 8 heteroatoms. The number of para-hydroxylation sites is 1. The molecule has 1 amide bonds. The molecule has 1 heterocycles. The van der Waals surface area contributed by atoms with E-state index >= 15 is 0 Å². The molecule has 2 aromatic carbocycles. The highest BCUT2D eigenvalue weighted by atomic mass is 19.4. The Morgan fingerprint density at radius 3 is 2.36 bits per heavy atom. The second kappa shape index (κ2) is 7.67. The number of halogens is 3. The molecule has 0 atom stereocenters. The molecule has 0 fully saturated rings. The van der Waals surface area contributed by atoms with Crippen LogP contribution in [0, 0.1) is 13.8 Å². The standard InChI is InChI=1S/C20H17F3N4O/c1-12-7-8-14(9-13(12)2)26-18-11-24-17(10-25-18)19(28)27-16-6-4-3-5-15(16)20(21,22)23/h3-11H,1-2H3,(H,25,26)(H,27,28). The summed E-state index contributed by atoms with van der Waals surface area (Å²) in [6.45, 7) is 3.99. The molecule has 2 N–H and O–H groups in total. The monoisotopic (exact) mass is 386 g/mol. The maximum Gasteiger partial charge on any atom is 0.418 e. The Balaban J connectivity index is 1.73. The summed E-state index contributed by atoms with van der Waals surface area (Å²) in [5, 5.41) is 5.30. The van der Waals surface area contributed by atoms with Gasteiger partial charge in [-0.3, -0.25) is 4.79 Å². The first-order chi connectivity index (χ1) is 13.2. The van der Waals surface area contributed by atoms with Crippen LogP contribution in [0.4, 0.5) is 30.4 Å². The number of rotatable bonds is 4. The van der Waals surface area contributed by atoms with Crippen molar-refractivity contribution in [3.8, 4) is 0 Å². The third kappa shape index (κ3) is 4.46. The van der Waals surface area contributed by atoms with Crippen molar-refractivity contribution in [1.82, 2.24) is 9.97 Å². The van der Waals surface area contributed by atoms with Crippen molar-refractivity contribution in [3.63, 3.8) is 0 Å². The molecule has 3 rings (SSSR count). The Labute approximate surface area is 159 Å². The van der Waals surface area contributed by atoms with Gasteiger partial charge in [0.15, 0.2) is 0 Å². The van der Waals surface area contributed by atoms with E-state index in [1.165, 1.54) is 30.6 Å². The highest BCUT2D eigenvalue weighted by Crippen LogP contribution is 2.34. The summed E-state index contributed by atoms with van der Waals surface area (Å²) in [4.78, 5) is 20.3. The lowest BCUT2D eigenvalue weighted by molar-refractivity contribution is -0.136. The number of anilines is 3. The third-order valence-corrected chi connectivity index (χ3v) is 4.14. The van der Waals surface area contributed by atoms with E-state index < -0.39 is 17.6 Å². The minimum atomic E-state index is -4.57. The fraction of sp³-hybridized carbons (Fsp3) is 0.150. The topological polar surface area (TPSA) is 66.9 Å². The van der Waals surface area contributed by atoms with Gasteiger partial charge in [-0.1, -0.05) is 18.2 Å². The van der Waals surface area contributed by atoms with Crippen LogP contribution in [-0.4, -0.2) is 15.9 Å². The Morgan fingerprint density at radius 1 is 0.964 bits per heavy atom. The smallest absolute Gasteiger partial charge is 0.339 e. The van der Waals surface area contributed by atoms with Gasteiger partial charge in [-0.2, -0.15) is 13.2 Å². The normalized spacial score (nSPS) is 11.2. The van der Waals surface area contributed by atoms with Crippen LogP contribution in [0.25, 0.3) is 0 Å². The summed E-state index contributed by atoms with van der Waals surface area (Å²) in [6, 6.07) is 10.6. The molecule has 0 radical (unpaired) electrons. The number of amides is 1. The molecule has 0 saturated carbocycles. The van der Waals surface area contributed by atoms with Crippen molar-refractivity contribution in [2.45, 2.75) is 20.0 Å². The summed E-state index contributed by atoms with van der Waals surface area (Å²) in [5.41, 5.74) is 1.72. The lowest BCUT2D eigenvalue weighted by Gasteiger charge is -2.13. The summed E-state index contributed by atoms with van der Waals surface area (Å²) < 4.78 is 39.1. The largest absolute Gasteiger partial charge is 0.418 e. The Kier molecular flexibility index (Phi) is 5.30. The van der Waals surface area contributed by atoms with Gasteiger partial charge in [0, 0.05) is 5.69 Å². The van der Waals surface area contributed by atoms with Crippen molar-refractivity contribution in [1.29, 1.82) is 0 Å². The molecular formula is C20H17F3N4O. The number of carbonyl (C=O) groups is 1. The molecule has 1 aromatic heterocycles. The van der Waals surface area contributed by atoms with Crippen LogP contribution < -0.4 is 10.6 Å². The quantitative estimate of drug-likeness (QED) is 0.654. The van der Waals surface area contributed by atoms with Gasteiger partial charge in [0.1, 0.15) is 11.5 Å². The molecule has 0 aliphatic carbocycles. The molecule has 28 heavy (non-hydrogen) atoms. The molecule has 144 valence electrons. The molecule has 5 nitrogen and oxygen atoms in total. The number of aryl methyl sites for hydroxylation is 2. The average molecular weight is 386 g/mol. The molecule has 0 aliphatic heterocycles. The lowest BCUT2D eigenvalue weighted by Crippen LogP contribution is -2.18. The summed E-state index contributed by atoms with van der Waals surface area (Å²) in [5.74, 6) is -0.363. The van der Waals surface area contributed by atoms with Crippen molar-refractivity contribution in [2.75, 3.05) is 10.6 Å². The highest BCUT2D eigenvalue weighted by Gasteiger charge is 2.33. The maximum absolute atomic E-state index is 13.0. The highest BCUT2D eigenvalue weighted by molar-refractivity contribution is 6.03. The molecule has 0 saturated heterocycles. The van der Waals surface area contributed by atoms with Gasteiger partial charge in [-0.05, 0) is 49.2 Å². The molecule has 0 aliphatic rings. The lowest BCUT2D eigenvalue weighted by atomic mass is 10.1. The number of nitrogens with one attached hydrogen (secondary N) is 2. The molecular weight excluding hydrogens is 369 g/mol. The van der Waals surface area contributed by atoms with E-state index in [1.54, 1.807) is 0 Å². The minimum absolute atomic E-state index is 0.0948. The second-order valence-electron chi connectivity index (χ2n) is 6.21. The first-order valence-electron chi connectivity index (χ1n) is 8.38. The average Bonchev–Trinajstić information content (AvgIpc) is 2.65. The molecule has 0 spiro atoms. The fourth-order valence-corrected chi connectivity index (χ4v) is 2.50. The summed E-state index contributed by atoms with van der Waals surface area (Å²) >= 11 is 0. The van der Waals surface area contributed by atoms with Crippen molar-refractivity contribution in [3.05, 3.63) is 77.2 Å². The molecule has 0 bridgehead atoms. The summed E-state index contributed by atoms with van der Waals surface area (Å²) in [6.07, 6.45) is -2.02. The molecule has 3 aromatic rings. The van der Waals surface area contributed by atoms with Crippen LogP contribution in [0.1, 0.15) is 27.2 Å². The Morgan fingerprint density at radius 2 is 1.71 bits per heavy atom. The van der Waals surface area contributed by atoms with E-state index in [4.69, 9.17) is 0 Å². The van der Waals surface area contributed by atoms with E-state index in [9.17, 15) is 18.0 Å². The third-order valence-electron chi connectivity index (χ3n) is 4.14. The zero-order valence-electron chi connectivity index (χ0n) is 15.1. The van der Waals surface area contributed by atoms with E-state index in [-0.39, 0.29) is 11.4 Å². The zero-order chi connectivity index (χ0) is 20.3. The number of carbonyl (C=O) groups excluding carboxylic acids is 1. The van der Waals surface area contributed by atoms with Crippen molar-refractivity contribution in [2.24, 2.45) is 0 Å². The SMILES string of the molecule is Cc1ccc(Nc2cnc(C(=O)Nc3ccccc3C(F)(F)F)cn2)cc1C. The first-order valence-corrected chi connectivity index (χ1v) is 8.38. The van der Waals surface area contributed by atoms with E-state index in [0.717, 1.165) is 22.9 Å². The van der Waals surface area contributed by atoms with Gasteiger partial charge in [0.25, 0.3) is 5.91 Å². The zero-order valence-corrected chi connectivity index (χ0v) is 15.1. The summed E-state index contributed by atoms with van der Waals surface area (Å²) in [7, 11) is 0. The van der Waals surface area contributed by atoms with Crippen LogP contribution in [-0.2, 0) is 6.18 Å². The number of alkyl halides is 3. The van der Waals surface area contributed by atoms with Crippen LogP contribution in [0.5, 0.6) is 0 Å². The number of hydrogen-bond acceptors (Lipinski definition) is 4.